The lowest BCUT2D eigenvalue weighted by molar-refractivity contribution is -0.141. The molecule has 0 bridgehead atoms. The topological polar surface area (TPSA) is 94.8 Å². The zero-order valence-electron chi connectivity index (χ0n) is 22.1. The Labute approximate surface area is 234 Å². The quantitative estimate of drug-likeness (QED) is 0.445. The number of alkyl halides is 3. The third-order valence-electron chi connectivity index (χ3n) is 7.10. The first-order valence-electron chi connectivity index (χ1n) is 13.3. The number of rotatable bonds is 6. The SMILES string of the molecule is CC1CCCN(c2nc(C(F)(F)F)c(C(=O)Nc3ccc(N4CCCN(C(=O)Cc5cccs5)CC4)nc3)o2)C1. The number of pyridine rings is 1. The van der Waals surface area contributed by atoms with Gasteiger partial charge in [-0.05, 0) is 48.8 Å². The molecule has 0 spiro atoms. The summed E-state index contributed by atoms with van der Waals surface area (Å²) in [5.41, 5.74) is -1.11. The number of carbonyl (C=O) groups is 2. The third-order valence-corrected chi connectivity index (χ3v) is 7.98. The minimum atomic E-state index is -4.84. The molecule has 2 aliphatic rings. The van der Waals surface area contributed by atoms with Crippen LogP contribution >= 0.6 is 11.3 Å². The van der Waals surface area contributed by atoms with E-state index < -0.39 is 23.5 Å². The lowest BCUT2D eigenvalue weighted by Crippen LogP contribution is -2.36. The second-order valence-corrected chi connectivity index (χ2v) is 11.2. The maximum absolute atomic E-state index is 13.7. The molecule has 1 N–H and O–H groups in total. The van der Waals surface area contributed by atoms with Crippen molar-refractivity contribution in [2.75, 3.05) is 54.4 Å². The van der Waals surface area contributed by atoms with E-state index in [0.29, 0.717) is 51.5 Å². The van der Waals surface area contributed by atoms with Crippen LogP contribution in [0.4, 0.5) is 30.7 Å². The molecule has 3 aromatic rings. The van der Waals surface area contributed by atoms with Gasteiger partial charge in [-0.2, -0.15) is 18.2 Å². The van der Waals surface area contributed by atoms with Crippen molar-refractivity contribution in [3.63, 3.8) is 0 Å². The average Bonchev–Trinajstić information content (AvgIpc) is 3.54. The van der Waals surface area contributed by atoms with Gasteiger partial charge in [0.05, 0.1) is 18.3 Å². The predicted molar refractivity (Wildman–Crippen MR) is 146 cm³/mol. The Kier molecular flexibility index (Phi) is 8.29. The van der Waals surface area contributed by atoms with E-state index >= 15 is 0 Å². The van der Waals surface area contributed by atoms with Gasteiger partial charge in [0, 0.05) is 44.1 Å². The summed E-state index contributed by atoms with van der Waals surface area (Å²) in [5, 5.41) is 4.41. The van der Waals surface area contributed by atoms with E-state index in [1.807, 2.05) is 34.2 Å². The second-order valence-electron chi connectivity index (χ2n) is 10.2. The number of anilines is 3. The first-order chi connectivity index (χ1) is 19.2. The first kappa shape index (κ1) is 27.9. The van der Waals surface area contributed by atoms with Gasteiger partial charge >= 0.3 is 6.18 Å². The summed E-state index contributed by atoms with van der Waals surface area (Å²) in [6.45, 7) is 5.57. The molecular weight excluding hydrogens is 545 g/mol. The molecule has 2 fully saturated rings. The van der Waals surface area contributed by atoms with E-state index in [-0.39, 0.29) is 23.5 Å². The van der Waals surface area contributed by atoms with Gasteiger partial charge in [0.25, 0.3) is 11.9 Å². The summed E-state index contributed by atoms with van der Waals surface area (Å²) >= 11 is 1.57. The number of amides is 2. The van der Waals surface area contributed by atoms with Gasteiger partial charge in [-0.25, -0.2) is 4.98 Å². The van der Waals surface area contributed by atoms with Gasteiger partial charge in [0.15, 0.2) is 5.69 Å². The molecule has 0 radical (unpaired) electrons. The van der Waals surface area contributed by atoms with Crippen LogP contribution in [0.25, 0.3) is 0 Å². The first-order valence-corrected chi connectivity index (χ1v) is 14.2. The molecule has 2 amide bonds. The highest BCUT2D eigenvalue weighted by molar-refractivity contribution is 7.10. The predicted octanol–water partition coefficient (Wildman–Crippen LogP) is 4.92. The highest BCUT2D eigenvalue weighted by atomic mass is 32.1. The van der Waals surface area contributed by atoms with Crippen LogP contribution in [0.15, 0.2) is 40.3 Å². The highest BCUT2D eigenvalue weighted by Crippen LogP contribution is 2.35. The fraction of sp³-hybridized carbons (Fsp3) is 0.481. The Morgan fingerprint density at radius 1 is 1.10 bits per heavy atom. The van der Waals surface area contributed by atoms with Crippen LogP contribution in [0, 0.1) is 5.92 Å². The van der Waals surface area contributed by atoms with E-state index in [1.54, 1.807) is 28.4 Å². The number of nitrogens with one attached hydrogen (secondary N) is 1. The Balaban J connectivity index is 1.22. The number of halogens is 3. The van der Waals surface area contributed by atoms with Gasteiger partial charge in [0.2, 0.25) is 11.7 Å². The molecule has 40 heavy (non-hydrogen) atoms. The van der Waals surface area contributed by atoms with Gasteiger partial charge in [-0.1, -0.05) is 13.0 Å². The fourth-order valence-electron chi connectivity index (χ4n) is 5.06. The maximum atomic E-state index is 13.7. The molecule has 5 rings (SSSR count). The molecule has 3 aromatic heterocycles. The van der Waals surface area contributed by atoms with Crippen LogP contribution in [0.1, 0.15) is 47.3 Å². The van der Waals surface area contributed by atoms with Crippen LogP contribution in [0.3, 0.4) is 0 Å². The monoisotopic (exact) mass is 576 g/mol. The number of hydrogen-bond acceptors (Lipinski definition) is 8. The largest absolute Gasteiger partial charge is 0.437 e. The Hall–Kier alpha value is -3.61. The van der Waals surface area contributed by atoms with Crippen molar-refractivity contribution in [2.45, 2.75) is 38.8 Å². The van der Waals surface area contributed by atoms with Crippen LogP contribution in [-0.4, -0.2) is 66.0 Å². The Morgan fingerprint density at radius 2 is 1.93 bits per heavy atom. The molecule has 214 valence electrons. The zero-order valence-corrected chi connectivity index (χ0v) is 22.9. The Bertz CT molecular complexity index is 1310. The summed E-state index contributed by atoms with van der Waals surface area (Å²) < 4.78 is 46.5. The molecule has 5 heterocycles. The van der Waals surface area contributed by atoms with Crippen molar-refractivity contribution >= 4 is 40.7 Å². The van der Waals surface area contributed by atoms with Crippen molar-refractivity contribution < 1.29 is 27.2 Å². The number of carbonyl (C=O) groups excluding carboxylic acids is 2. The number of nitrogens with zero attached hydrogens (tertiary/aromatic N) is 5. The van der Waals surface area contributed by atoms with Gasteiger partial charge in [0.1, 0.15) is 5.82 Å². The number of piperidine rings is 1. The number of thiophene rings is 1. The number of oxazole rings is 1. The van der Waals surface area contributed by atoms with E-state index in [4.69, 9.17) is 4.42 Å². The number of hydrogen-bond donors (Lipinski definition) is 1. The molecule has 2 aliphatic heterocycles. The zero-order chi connectivity index (χ0) is 28.3. The lowest BCUT2D eigenvalue weighted by Gasteiger charge is -2.29. The number of aromatic nitrogens is 2. The van der Waals surface area contributed by atoms with Crippen molar-refractivity contribution in [3.05, 3.63) is 52.2 Å². The minimum absolute atomic E-state index is 0.0962. The van der Waals surface area contributed by atoms with Crippen LogP contribution in [-0.2, 0) is 17.4 Å². The summed E-state index contributed by atoms with van der Waals surface area (Å²) in [6.07, 6.45) is -0.489. The van der Waals surface area contributed by atoms with E-state index in [1.165, 1.54) is 6.20 Å². The minimum Gasteiger partial charge on any atom is -0.417 e. The molecule has 2 saturated heterocycles. The molecule has 0 aromatic carbocycles. The van der Waals surface area contributed by atoms with E-state index in [0.717, 1.165) is 24.1 Å². The van der Waals surface area contributed by atoms with Crippen molar-refractivity contribution in [2.24, 2.45) is 5.92 Å². The third kappa shape index (κ3) is 6.57. The standard InChI is InChI=1S/C27H31F3N6O3S/c1-18-5-2-9-36(17-18)26-33-24(27(28,29)30)23(39-26)25(38)32-19-7-8-21(31-16-19)34-10-4-11-35(13-12-34)22(37)15-20-6-3-14-40-20/h3,6-8,14,16,18H,2,4-5,9-13,15,17H2,1H3,(H,32,38). The normalized spacial score (nSPS) is 18.5. The smallest absolute Gasteiger partial charge is 0.417 e. The maximum Gasteiger partial charge on any atom is 0.437 e. The van der Waals surface area contributed by atoms with Crippen molar-refractivity contribution in [1.29, 1.82) is 0 Å². The van der Waals surface area contributed by atoms with E-state index in [2.05, 4.69) is 15.3 Å². The highest BCUT2D eigenvalue weighted by Gasteiger charge is 2.42. The summed E-state index contributed by atoms with van der Waals surface area (Å²) in [7, 11) is 0. The molecule has 1 atom stereocenters. The van der Waals surface area contributed by atoms with Gasteiger partial charge in [-0.3, -0.25) is 9.59 Å². The fourth-order valence-corrected chi connectivity index (χ4v) is 5.75. The Morgan fingerprint density at radius 3 is 2.62 bits per heavy atom. The molecular formula is C27H31F3N6O3S. The molecule has 13 heteroatoms. The summed E-state index contributed by atoms with van der Waals surface area (Å²) in [6, 6.07) is 6.98. The molecule has 9 nitrogen and oxygen atoms in total. The molecule has 0 aliphatic carbocycles. The van der Waals surface area contributed by atoms with Crippen LogP contribution in [0.2, 0.25) is 0 Å². The van der Waals surface area contributed by atoms with Crippen molar-refractivity contribution in [3.8, 4) is 0 Å². The average molecular weight is 577 g/mol. The van der Waals surface area contributed by atoms with Crippen molar-refractivity contribution in [1.82, 2.24) is 14.9 Å². The molecule has 0 saturated carbocycles. The van der Waals surface area contributed by atoms with Crippen LogP contribution in [0.5, 0.6) is 0 Å². The summed E-state index contributed by atoms with van der Waals surface area (Å²) in [4.78, 5) is 40.2. The molecule has 1 unspecified atom stereocenters. The van der Waals surface area contributed by atoms with Crippen LogP contribution < -0.4 is 15.1 Å². The van der Waals surface area contributed by atoms with Gasteiger partial charge in [-0.15, -0.1) is 11.3 Å². The second kappa shape index (κ2) is 11.9. The summed E-state index contributed by atoms with van der Waals surface area (Å²) in [5.74, 6) is -0.873. The lowest BCUT2D eigenvalue weighted by atomic mass is 10.0. The van der Waals surface area contributed by atoms with Gasteiger partial charge < -0.3 is 24.4 Å². The van der Waals surface area contributed by atoms with E-state index in [9.17, 15) is 22.8 Å².